The van der Waals surface area contributed by atoms with Gasteiger partial charge in [-0.2, -0.15) is 5.10 Å². The summed E-state index contributed by atoms with van der Waals surface area (Å²) in [6.07, 6.45) is 9.10. The molecule has 2 N–H and O–H groups in total. The number of aromatic nitrogens is 5. The van der Waals surface area contributed by atoms with E-state index in [1.165, 1.54) is 0 Å². The third-order valence-electron chi connectivity index (χ3n) is 5.45. The van der Waals surface area contributed by atoms with Gasteiger partial charge < -0.3 is 10.6 Å². The van der Waals surface area contributed by atoms with Crippen LogP contribution in [0.1, 0.15) is 35.8 Å². The second-order valence-corrected chi connectivity index (χ2v) is 8.04. The molecule has 0 aliphatic heterocycles. The molecular formula is C25H27N7O. The fraction of sp³-hybridized carbons (Fsp3) is 0.240. The van der Waals surface area contributed by atoms with Crippen LogP contribution in [-0.2, 0) is 11.8 Å². The lowest BCUT2D eigenvalue weighted by Crippen LogP contribution is -2.35. The maximum absolute atomic E-state index is 13.2. The number of pyridine rings is 1. The molecule has 2 atom stereocenters. The van der Waals surface area contributed by atoms with Crippen LogP contribution in [0.3, 0.4) is 0 Å². The van der Waals surface area contributed by atoms with Crippen LogP contribution in [0, 0.1) is 6.92 Å². The number of anilines is 1. The summed E-state index contributed by atoms with van der Waals surface area (Å²) in [7, 11) is 1.87. The van der Waals surface area contributed by atoms with Crippen molar-refractivity contribution in [1.82, 2.24) is 30.0 Å². The molecule has 168 valence electrons. The van der Waals surface area contributed by atoms with Gasteiger partial charge in [0.1, 0.15) is 17.7 Å². The van der Waals surface area contributed by atoms with E-state index in [2.05, 4.69) is 37.6 Å². The van der Waals surface area contributed by atoms with E-state index < -0.39 is 6.04 Å². The Morgan fingerprint density at radius 2 is 1.70 bits per heavy atom. The largest absolute Gasteiger partial charge is 0.309 e. The first-order chi connectivity index (χ1) is 16.0. The van der Waals surface area contributed by atoms with Crippen LogP contribution in [0.2, 0.25) is 0 Å². The maximum Gasteiger partial charge on any atom is 0.247 e. The minimum atomic E-state index is -0.528. The third-order valence-corrected chi connectivity index (χ3v) is 5.45. The molecule has 8 heteroatoms. The molecule has 4 rings (SSSR count). The highest BCUT2D eigenvalue weighted by atomic mass is 16.2. The molecule has 0 aliphatic rings. The number of amides is 1. The molecule has 0 bridgehead atoms. The van der Waals surface area contributed by atoms with E-state index in [1.54, 1.807) is 23.1 Å². The lowest BCUT2D eigenvalue weighted by atomic mass is 10.0. The van der Waals surface area contributed by atoms with Crippen LogP contribution >= 0.6 is 0 Å². The van der Waals surface area contributed by atoms with Crippen molar-refractivity contribution in [3.8, 4) is 11.1 Å². The number of aryl methyl sites for hydroxylation is 2. The number of nitrogens with zero attached hydrogens (tertiary/aromatic N) is 5. The Kier molecular flexibility index (Phi) is 6.85. The number of nitrogens with one attached hydrogen (secondary N) is 2. The summed E-state index contributed by atoms with van der Waals surface area (Å²) in [6, 6.07) is 12.9. The zero-order valence-electron chi connectivity index (χ0n) is 18.9. The predicted molar refractivity (Wildman–Crippen MR) is 127 cm³/mol. The highest BCUT2D eigenvalue weighted by molar-refractivity contribution is 5.95. The Bertz CT molecular complexity index is 1190. The fourth-order valence-electron chi connectivity index (χ4n) is 3.48. The lowest BCUT2D eigenvalue weighted by Gasteiger charge is -2.21. The molecule has 0 spiro atoms. The van der Waals surface area contributed by atoms with Gasteiger partial charge in [0.05, 0.1) is 6.20 Å². The van der Waals surface area contributed by atoms with E-state index in [-0.39, 0.29) is 11.8 Å². The van der Waals surface area contributed by atoms with Crippen LogP contribution in [0.25, 0.3) is 11.1 Å². The summed E-state index contributed by atoms with van der Waals surface area (Å²) in [5, 5.41) is 10.5. The van der Waals surface area contributed by atoms with E-state index in [0.717, 1.165) is 28.1 Å². The van der Waals surface area contributed by atoms with Gasteiger partial charge in [0.25, 0.3) is 0 Å². The van der Waals surface area contributed by atoms with Crippen molar-refractivity contribution in [2.45, 2.75) is 25.8 Å². The second kappa shape index (κ2) is 10.1. The molecule has 4 aromatic rings. The van der Waals surface area contributed by atoms with Crippen LogP contribution in [0.15, 0.2) is 73.4 Å². The van der Waals surface area contributed by atoms with Crippen molar-refractivity contribution in [3.05, 3.63) is 90.4 Å². The number of benzene rings is 1. The van der Waals surface area contributed by atoms with Crippen molar-refractivity contribution >= 4 is 11.7 Å². The second-order valence-electron chi connectivity index (χ2n) is 8.04. The van der Waals surface area contributed by atoms with Crippen LogP contribution in [0.4, 0.5) is 5.82 Å². The number of hydrogen-bond acceptors (Lipinski definition) is 6. The van der Waals surface area contributed by atoms with Crippen molar-refractivity contribution in [2.75, 3.05) is 11.9 Å². The van der Waals surface area contributed by atoms with Gasteiger partial charge in [0.15, 0.2) is 0 Å². The molecule has 0 radical (unpaired) electrons. The molecule has 0 fully saturated rings. The minimum absolute atomic E-state index is 0.140. The molecule has 33 heavy (non-hydrogen) atoms. The van der Waals surface area contributed by atoms with E-state index in [0.29, 0.717) is 12.4 Å². The van der Waals surface area contributed by atoms with Gasteiger partial charge in [0, 0.05) is 49.5 Å². The van der Waals surface area contributed by atoms with Crippen LogP contribution < -0.4 is 10.6 Å². The summed E-state index contributed by atoms with van der Waals surface area (Å²) in [4.78, 5) is 26.2. The molecular weight excluding hydrogens is 414 g/mol. The van der Waals surface area contributed by atoms with Gasteiger partial charge in [-0.1, -0.05) is 37.3 Å². The minimum Gasteiger partial charge on any atom is -0.309 e. The normalized spacial score (nSPS) is 12.8. The van der Waals surface area contributed by atoms with Crippen LogP contribution in [0.5, 0.6) is 0 Å². The molecule has 8 nitrogen and oxygen atoms in total. The molecule has 0 unspecified atom stereocenters. The number of hydrogen-bond donors (Lipinski definition) is 2. The molecule has 0 aliphatic carbocycles. The highest BCUT2D eigenvalue weighted by Crippen LogP contribution is 2.21. The number of rotatable bonds is 8. The average Bonchev–Trinajstić information content (AvgIpc) is 3.27. The standard InChI is InChI=1S/C25H27N7O/c1-17(21-13-26-18(2)27-14-21)11-29-24(19-7-5-4-6-8-19)25(33)31-23-10-9-20(12-28-23)22-15-30-32(3)16-22/h4-10,12-17,24,29H,11H2,1-3H3,(H,28,31,33)/t17-,24-/m1/s1. The highest BCUT2D eigenvalue weighted by Gasteiger charge is 2.22. The van der Waals surface area contributed by atoms with E-state index in [1.807, 2.05) is 69.0 Å². The fourth-order valence-corrected chi connectivity index (χ4v) is 3.48. The topological polar surface area (TPSA) is 97.6 Å². The first kappa shape index (κ1) is 22.3. The molecule has 3 aromatic heterocycles. The van der Waals surface area contributed by atoms with Crippen LogP contribution in [-0.4, -0.2) is 37.2 Å². The Morgan fingerprint density at radius 3 is 2.33 bits per heavy atom. The quantitative estimate of drug-likeness (QED) is 0.433. The Labute approximate surface area is 193 Å². The average molecular weight is 442 g/mol. The Balaban J connectivity index is 1.46. The summed E-state index contributed by atoms with van der Waals surface area (Å²) in [6.45, 7) is 4.53. The van der Waals surface area contributed by atoms with Crippen molar-refractivity contribution in [2.24, 2.45) is 7.05 Å². The van der Waals surface area contributed by atoms with Gasteiger partial charge in [-0.25, -0.2) is 15.0 Å². The third kappa shape index (κ3) is 5.67. The van der Waals surface area contributed by atoms with Gasteiger partial charge in [-0.15, -0.1) is 0 Å². The Hall–Kier alpha value is -3.91. The first-order valence-electron chi connectivity index (χ1n) is 10.8. The number of carbonyl (C=O) groups excluding carboxylic acids is 1. The SMILES string of the molecule is Cc1ncc([C@H](C)CN[C@@H](C(=O)Nc2ccc(-c3cnn(C)c3)cn2)c2ccccc2)cn1. The Morgan fingerprint density at radius 1 is 0.939 bits per heavy atom. The first-order valence-corrected chi connectivity index (χ1v) is 10.8. The summed E-state index contributed by atoms with van der Waals surface area (Å²) >= 11 is 0. The molecule has 1 amide bonds. The van der Waals surface area contributed by atoms with Gasteiger partial charge in [-0.3, -0.25) is 9.48 Å². The monoisotopic (exact) mass is 441 g/mol. The van der Waals surface area contributed by atoms with Crippen molar-refractivity contribution in [3.63, 3.8) is 0 Å². The van der Waals surface area contributed by atoms with Gasteiger partial charge in [-0.05, 0) is 36.1 Å². The van der Waals surface area contributed by atoms with Crippen molar-refractivity contribution < 1.29 is 4.79 Å². The zero-order chi connectivity index (χ0) is 23.2. The maximum atomic E-state index is 13.2. The smallest absolute Gasteiger partial charge is 0.247 e. The zero-order valence-corrected chi connectivity index (χ0v) is 18.9. The van der Waals surface area contributed by atoms with E-state index in [4.69, 9.17) is 0 Å². The molecule has 0 saturated heterocycles. The number of carbonyl (C=O) groups is 1. The van der Waals surface area contributed by atoms with Gasteiger partial charge in [0.2, 0.25) is 5.91 Å². The lowest BCUT2D eigenvalue weighted by molar-refractivity contribution is -0.118. The molecule has 3 heterocycles. The summed E-state index contributed by atoms with van der Waals surface area (Å²) in [5.74, 6) is 1.20. The predicted octanol–water partition coefficient (Wildman–Crippen LogP) is 3.65. The van der Waals surface area contributed by atoms with E-state index >= 15 is 0 Å². The molecule has 1 aromatic carbocycles. The molecule has 0 saturated carbocycles. The summed E-state index contributed by atoms with van der Waals surface area (Å²) in [5.41, 5.74) is 3.82. The summed E-state index contributed by atoms with van der Waals surface area (Å²) < 4.78 is 1.74. The van der Waals surface area contributed by atoms with E-state index in [9.17, 15) is 4.79 Å². The van der Waals surface area contributed by atoms with Gasteiger partial charge >= 0.3 is 0 Å². The van der Waals surface area contributed by atoms with Crippen molar-refractivity contribution in [1.29, 1.82) is 0 Å².